The molecule has 0 N–H and O–H groups in total. The lowest BCUT2D eigenvalue weighted by Gasteiger charge is -2.32. The fourth-order valence-corrected chi connectivity index (χ4v) is 6.37. The molecule has 1 heterocycles. The Morgan fingerprint density at radius 1 is 1.03 bits per heavy atom. The number of carbonyl (C=O) groups excluding carboxylic acids is 3. The van der Waals surface area contributed by atoms with Crippen molar-refractivity contribution in [3.63, 3.8) is 0 Å². The number of nitrogens with zero attached hydrogens (tertiary/aromatic N) is 2. The molecule has 1 unspecified atom stereocenters. The Balaban J connectivity index is 1.67. The van der Waals surface area contributed by atoms with Crippen LogP contribution in [0.4, 0.5) is 5.69 Å². The Kier molecular flexibility index (Phi) is 6.56. The highest BCUT2D eigenvalue weighted by Gasteiger charge is 2.49. The van der Waals surface area contributed by atoms with Crippen molar-refractivity contribution >= 4 is 45.1 Å². The number of benzene rings is 2. The normalized spacial score (nSPS) is 19.5. The highest BCUT2D eigenvalue weighted by Crippen LogP contribution is 2.36. The molecule has 1 aliphatic carbocycles. The second-order valence-corrected chi connectivity index (χ2v) is 10.4. The molecule has 4 rings (SSSR count). The van der Waals surface area contributed by atoms with Crippen molar-refractivity contribution in [2.45, 2.75) is 56.0 Å². The van der Waals surface area contributed by atoms with E-state index in [1.807, 2.05) is 0 Å². The van der Waals surface area contributed by atoms with Gasteiger partial charge < -0.3 is 4.74 Å². The monoisotopic (exact) mass is 490 g/mol. The predicted octanol–water partition coefficient (Wildman–Crippen LogP) is 3.53. The van der Waals surface area contributed by atoms with E-state index in [9.17, 15) is 22.8 Å². The largest absolute Gasteiger partial charge is 0.427 e. The van der Waals surface area contributed by atoms with Gasteiger partial charge in [0.1, 0.15) is 11.8 Å². The molecule has 0 aromatic heterocycles. The van der Waals surface area contributed by atoms with Gasteiger partial charge in [0.05, 0.1) is 17.0 Å². The number of ether oxygens (including phenoxy) is 1. The number of esters is 1. The third kappa shape index (κ3) is 4.66. The lowest BCUT2D eigenvalue weighted by atomic mass is 10.2. The van der Waals surface area contributed by atoms with Crippen LogP contribution in [0, 0.1) is 0 Å². The fraction of sp³-hybridized carbons (Fsp3) is 0.348. The van der Waals surface area contributed by atoms with Crippen LogP contribution in [0.2, 0.25) is 5.02 Å². The SMILES string of the molecule is CC(=O)Oc1ccc(N2C(=O)CC(N(C3CCCC3)S(=O)(=O)c3ccc(Cl)cc3)C2=O)cc1. The Morgan fingerprint density at radius 3 is 2.21 bits per heavy atom. The van der Waals surface area contributed by atoms with E-state index < -0.39 is 33.8 Å². The zero-order chi connectivity index (χ0) is 23.8. The second kappa shape index (κ2) is 9.24. The lowest BCUT2D eigenvalue weighted by Crippen LogP contribution is -2.49. The standard InChI is InChI=1S/C23H23ClN2O6S/c1-15(27)32-19-10-8-17(9-11-19)25-22(28)14-21(23(25)29)26(18-4-2-3-5-18)33(30,31)20-12-6-16(24)7-13-20/h6-13,18,21H,2-5,14H2,1H3. The van der Waals surface area contributed by atoms with E-state index in [4.69, 9.17) is 16.3 Å². The van der Waals surface area contributed by atoms with Crippen LogP contribution in [0.1, 0.15) is 39.0 Å². The molecule has 2 aromatic rings. The van der Waals surface area contributed by atoms with Crippen molar-refractivity contribution in [2.24, 2.45) is 0 Å². The van der Waals surface area contributed by atoms with Crippen molar-refractivity contribution in [3.05, 3.63) is 53.6 Å². The van der Waals surface area contributed by atoms with E-state index in [0.29, 0.717) is 23.6 Å². The maximum absolute atomic E-state index is 13.6. The van der Waals surface area contributed by atoms with Crippen molar-refractivity contribution < 1.29 is 27.5 Å². The number of hydrogen-bond acceptors (Lipinski definition) is 6. The van der Waals surface area contributed by atoms with Crippen LogP contribution < -0.4 is 9.64 Å². The molecule has 1 aliphatic heterocycles. The molecule has 2 aliphatic rings. The minimum absolute atomic E-state index is 0.0308. The minimum atomic E-state index is -4.05. The number of hydrogen-bond donors (Lipinski definition) is 0. The van der Waals surface area contributed by atoms with Crippen molar-refractivity contribution in [1.82, 2.24) is 4.31 Å². The van der Waals surface area contributed by atoms with Gasteiger partial charge in [0.2, 0.25) is 15.9 Å². The molecule has 1 atom stereocenters. The summed E-state index contributed by atoms with van der Waals surface area (Å²) in [6.07, 6.45) is 2.72. The number of imide groups is 1. The van der Waals surface area contributed by atoms with E-state index in [-0.39, 0.29) is 23.1 Å². The molecular weight excluding hydrogens is 468 g/mol. The van der Waals surface area contributed by atoms with Gasteiger partial charge in [-0.25, -0.2) is 13.3 Å². The Morgan fingerprint density at radius 2 is 1.64 bits per heavy atom. The third-order valence-electron chi connectivity index (χ3n) is 5.86. The van der Waals surface area contributed by atoms with Gasteiger partial charge in [-0.3, -0.25) is 14.4 Å². The summed E-state index contributed by atoms with van der Waals surface area (Å²) in [7, 11) is -4.05. The van der Waals surface area contributed by atoms with Crippen LogP contribution in [-0.4, -0.2) is 42.6 Å². The molecule has 0 spiro atoms. The Hall–Kier alpha value is -2.75. The molecule has 0 radical (unpaired) electrons. The van der Waals surface area contributed by atoms with Crippen LogP contribution in [-0.2, 0) is 24.4 Å². The average Bonchev–Trinajstić information content (AvgIpc) is 3.37. The van der Waals surface area contributed by atoms with Crippen molar-refractivity contribution in [1.29, 1.82) is 0 Å². The summed E-state index contributed by atoms with van der Waals surface area (Å²) in [6.45, 7) is 1.27. The van der Waals surface area contributed by atoms with Gasteiger partial charge in [-0.2, -0.15) is 4.31 Å². The summed E-state index contributed by atoms with van der Waals surface area (Å²) >= 11 is 5.92. The first-order valence-corrected chi connectivity index (χ1v) is 12.4. The molecule has 33 heavy (non-hydrogen) atoms. The fourth-order valence-electron chi connectivity index (χ4n) is 4.42. The molecule has 0 bridgehead atoms. The Labute approximate surface area is 197 Å². The molecule has 2 aromatic carbocycles. The molecule has 2 amide bonds. The van der Waals surface area contributed by atoms with Gasteiger partial charge in [0.25, 0.3) is 5.91 Å². The first-order chi connectivity index (χ1) is 15.7. The highest BCUT2D eigenvalue weighted by atomic mass is 35.5. The molecular formula is C23H23ClN2O6S. The lowest BCUT2D eigenvalue weighted by molar-refractivity contribution is -0.132. The van der Waals surface area contributed by atoms with Gasteiger partial charge >= 0.3 is 5.97 Å². The maximum atomic E-state index is 13.6. The zero-order valence-corrected chi connectivity index (χ0v) is 19.5. The van der Waals surface area contributed by atoms with Crippen LogP contribution in [0.3, 0.4) is 0 Å². The smallest absolute Gasteiger partial charge is 0.308 e. The van der Waals surface area contributed by atoms with Crippen LogP contribution in [0.15, 0.2) is 53.4 Å². The van der Waals surface area contributed by atoms with E-state index in [1.165, 1.54) is 59.8 Å². The van der Waals surface area contributed by atoms with Gasteiger partial charge in [0, 0.05) is 18.0 Å². The van der Waals surface area contributed by atoms with Gasteiger partial charge in [-0.05, 0) is 61.4 Å². The first-order valence-electron chi connectivity index (χ1n) is 10.6. The number of anilines is 1. The summed E-state index contributed by atoms with van der Waals surface area (Å²) in [5, 5.41) is 0.400. The Bertz CT molecular complexity index is 1170. The van der Waals surface area contributed by atoms with Gasteiger partial charge in [-0.15, -0.1) is 0 Å². The number of amides is 2. The molecule has 1 saturated carbocycles. The second-order valence-electron chi connectivity index (χ2n) is 8.10. The van der Waals surface area contributed by atoms with E-state index in [0.717, 1.165) is 17.7 Å². The average molecular weight is 491 g/mol. The first kappa shape index (κ1) is 23.4. The summed E-state index contributed by atoms with van der Waals surface area (Å²) in [5.74, 6) is -1.29. The zero-order valence-electron chi connectivity index (χ0n) is 17.9. The van der Waals surface area contributed by atoms with Crippen molar-refractivity contribution in [3.8, 4) is 5.75 Å². The van der Waals surface area contributed by atoms with E-state index in [1.54, 1.807) is 0 Å². The van der Waals surface area contributed by atoms with Crippen LogP contribution in [0.25, 0.3) is 0 Å². The molecule has 174 valence electrons. The van der Waals surface area contributed by atoms with E-state index in [2.05, 4.69) is 0 Å². The number of sulfonamides is 1. The molecule has 1 saturated heterocycles. The molecule has 10 heteroatoms. The summed E-state index contributed by atoms with van der Waals surface area (Å²) in [6, 6.07) is 10.2. The van der Waals surface area contributed by atoms with E-state index >= 15 is 0 Å². The predicted molar refractivity (Wildman–Crippen MR) is 121 cm³/mol. The van der Waals surface area contributed by atoms with Crippen LogP contribution >= 0.6 is 11.6 Å². The highest BCUT2D eigenvalue weighted by molar-refractivity contribution is 7.89. The summed E-state index contributed by atoms with van der Waals surface area (Å²) < 4.78 is 33.4. The van der Waals surface area contributed by atoms with Gasteiger partial charge in [-0.1, -0.05) is 24.4 Å². The third-order valence-corrected chi connectivity index (χ3v) is 8.09. The van der Waals surface area contributed by atoms with Crippen LogP contribution in [0.5, 0.6) is 5.75 Å². The molecule has 2 fully saturated rings. The van der Waals surface area contributed by atoms with Gasteiger partial charge in [0.15, 0.2) is 0 Å². The van der Waals surface area contributed by atoms with Crippen molar-refractivity contribution in [2.75, 3.05) is 4.90 Å². The molecule has 8 nitrogen and oxygen atoms in total. The maximum Gasteiger partial charge on any atom is 0.308 e. The summed E-state index contributed by atoms with van der Waals surface area (Å²) in [5.41, 5.74) is 0.290. The quantitative estimate of drug-likeness (QED) is 0.349. The minimum Gasteiger partial charge on any atom is -0.427 e. The number of carbonyl (C=O) groups is 3. The number of rotatable bonds is 6. The summed E-state index contributed by atoms with van der Waals surface area (Å²) in [4.78, 5) is 38.4. The topological polar surface area (TPSA) is 101 Å². The number of halogens is 1.